The molecule has 0 saturated carbocycles. The van der Waals surface area contributed by atoms with Crippen LogP contribution in [0.5, 0.6) is 5.88 Å². The zero-order valence-electron chi connectivity index (χ0n) is 12.8. The number of nitriles is 2. The summed E-state index contributed by atoms with van der Waals surface area (Å²) in [6.45, 7) is 0. The number of hydrogen-bond acceptors (Lipinski definition) is 4. The molecule has 5 nitrogen and oxygen atoms in total. The number of aromatic amines is 1. The van der Waals surface area contributed by atoms with Gasteiger partial charge in [0.05, 0.1) is 23.3 Å². The number of nitrogens with zero attached hydrogens (tertiary/aromatic N) is 2. The molecule has 5 heteroatoms. The second-order valence-electron chi connectivity index (χ2n) is 6.03. The Hall–Kier alpha value is -3.83. The Bertz CT molecular complexity index is 1200. The molecule has 25 heavy (non-hydrogen) atoms. The third-order valence-corrected chi connectivity index (χ3v) is 4.83. The predicted molar refractivity (Wildman–Crippen MR) is 89.5 cm³/mol. The van der Waals surface area contributed by atoms with Crippen LogP contribution < -0.4 is 4.74 Å². The van der Waals surface area contributed by atoms with Gasteiger partial charge in [0.15, 0.2) is 5.78 Å². The van der Waals surface area contributed by atoms with Crippen molar-refractivity contribution < 1.29 is 9.53 Å². The van der Waals surface area contributed by atoms with Crippen molar-refractivity contribution in [3.8, 4) is 18.0 Å². The molecule has 0 radical (unpaired) electrons. The van der Waals surface area contributed by atoms with Gasteiger partial charge in [-0.2, -0.15) is 10.5 Å². The Balaban J connectivity index is 1.92. The average Bonchev–Trinajstić information content (AvgIpc) is 3.17. The number of carbonyl (C=O) groups is 1. The average molecular weight is 323 g/mol. The van der Waals surface area contributed by atoms with E-state index in [4.69, 9.17) is 4.74 Å². The quantitative estimate of drug-likeness (QED) is 0.686. The van der Waals surface area contributed by atoms with Crippen LogP contribution in [0.15, 0.2) is 54.1 Å². The van der Waals surface area contributed by atoms with Gasteiger partial charge in [0.25, 0.3) is 0 Å². The number of carbonyl (C=O) groups excluding carboxylic acids is 1. The number of ether oxygens (including phenoxy) is 1. The van der Waals surface area contributed by atoms with Gasteiger partial charge in [0.1, 0.15) is 5.76 Å². The number of benzene rings is 2. The van der Waals surface area contributed by atoms with E-state index in [1.165, 1.54) is 0 Å². The van der Waals surface area contributed by atoms with E-state index in [1.54, 1.807) is 24.3 Å². The first-order valence-corrected chi connectivity index (χ1v) is 7.71. The number of para-hydroxylation sites is 1. The van der Waals surface area contributed by atoms with Gasteiger partial charge < -0.3 is 9.72 Å². The highest BCUT2D eigenvalue weighted by atomic mass is 16.5. The van der Waals surface area contributed by atoms with Gasteiger partial charge >= 0.3 is 0 Å². The number of ketones is 1. The minimum Gasteiger partial charge on any atom is -0.439 e. The van der Waals surface area contributed by atoms with E-state index in [0.29, 0.717) is 33.7 Å². The summed E-state index contributed by atoms with van der Waals surface area (Å²) in [5, 5.41) is 20.7. The second-order valence-corrected chi connectivity index (χ2v) is 6.03. The van der Waals surface area contributed by atoms with E-state index >= 15 is 0 Å². The van der Waals surface area contributed by atoms with Gasteiger partial charge in [0.2, 0.25) is 11.3 Å². The van der Waals surface area contributed by atoms with E-state index < -0.39 is 5.41 Å². The summed E-state index contributed by atoms with van der Waals surface area (Å²) in [4.78, 5) is 16.1. The minimum atomic E-state index is -1.71. The molecule has 0 amide bonds. The molecule has 0 unspecified atom stereocenters. The predicted octanol–water partition coefficient (Wildman–Crippen LogP) is 3.45. The number of nitrogens with one attached hydrogen (secondary N) is 1. The first-order valence-electron chi connectivity index (χ1n) is 7.71. The van der Waals surface area contributed by atoms with Crippen molar-refractivity contribution in [1.29, 1.82) is 10.5 Å². The molecule has 116 valence electrons. The molecule has 1 aromatic heterocycles. The molecule has 3 aromatic rings. The molecule has 0 bridgehead atoms. The molecule has 1 aliphatic heterocycles. The molecule has 0 fully saturated rings. The van der Waals surface area contributed by atoms with Crippen molar-refractivity contribution in [3.05, 3.63) is 70.8 Å². The van der Waals surface area contributed by atoms with Gasteiger partial charge in [-0.15, -0.1) is 0 Å². The third kappa shape index (κ3) is 1.43. The van der Waals surface area contributed by atoms with E-state index in [-0.39, 0.29) is 11.4 Å². The van der Waals surface area contributed by atoms with E-state index in [9.17, 15) is 15.3 Å². The van der Waals surface area contributed by atoms with Crippen molar-refractivity contribution in [2.75, 3.05) is 0 Å². The van der Waals surface area contributed by atoms with Crippen molar-refractivity contribution in [2.45, 2.75) is 5.41 Å². The standard InChI is InChI=1S/C20H9N3O2/c21-9-20(10-22)15-13-7-3-4-8-14(13)23-19(15)25-18-12-6-2-1-5-11(12)17(24)16(18)20/h1-8,23H. The summed E-state index contributed by atoms with van der Waals surface area (Å²) in [5.74, 6) is 0.306. The third-order valence-electron chi connectivity index (χ3n) is 4.83. The number of fused-ring (bicyclic) bond motifs is 5. The molecule has 0 atom stereocenters. The van der Waals surface area contributed by atoms with Gasteiger partial charge in [0, 0.05) is 22.0 Å². The van der Waals surface area contributed by atoms with Gasteiger partial charge in [-0.25, -0.2) is 0 Å². The monoisotopic (exact) mass is 323 g/mol. The smallest absolute Gasteiger partial charge is 0.206 e. The summed E-state index contributed by atoms with van der Waals surface area (Å²) in [6, 6.07) is 18.5. The fourth-order valence-electron chi connectivity index (χ4n) is 3.74. The SMILES string of the molecule is N#CC1(C#N)C2=C(Oc3[nH]c4ccccc4c31)c1ccccc1C2=O. The lowest BCUT2D eigenvalue weighted by Gasteiger charge is -2.26. The van der Waals surface area contributed by atoms with Crippen LogP contribution >= 0.6 is 0 Å². The Morgan fingerprint density at radius 1 is 0.960 bits per heavy atom. The van der Waals surface area contributed by atoms with Crippen LogP contribution in [0.4, 0.5) is 0 Å². The molecule has 0 saturated heterocycles. The normalized spacial score (nSPS) is 16.5. The lowest BCUT2D eigenvalue weighted by molar-refractivity contribution is 0.102. The highest BCUT2D eigenvalue weighted by molar-refractivity contribution is 6.23. The number of rotatable bonds is 0. The van der Waals surface area contributed by atoms with E-state index in [2.05, 4.69) is 17.1 Å². The zero-order chi connectivity index (χ0) is 17.2. The molecule has 2 aromatic carbocycles. The summed E-state index contributed by atoms with van der Waals surface area (Å²) in [6.07, 6.45) is 0. The van der Waals surface area contributed by atoms with Crippen LogP contribution in [0, 0.1) is 22.7 Å². The van der Waals surface area contributed by atoms with Crippen molar-refractivity contribution in [1.82, 2.24) is 4.98 Å². The van der Waals surface area contributed by atoms with Crippen molar-refractivity contribution in [3.63, 3.8) is 0 Å². The number of allylic oxidation sites excluding steroid dienone is 1. The van der Waals surface area contributed by atoms with Crippen LogP contribution in [0.3, 0.4) is 0 Å². The Morgan fingerprint density at radius 2 is 1.64 bits per heavy atom. The fraction of sp³-hybridized carbons (Fsp3) is 0.0500. The van der Waals surface area contributed by atoms with E-state index in [1.807, 2.05) is 24.3 Å². The highest BCUT2D eigenvalue weighted by Gasteiger charge is 2.53. The number of H-pyrrole nitrogens is 1. The van der Waals surface area contributed by atoms with Gasteiger partial charge in [-0.3, -0.25) is 4.79 Å². The van der Waals surface area contributed by atoms with Crippen LogP contribution in [-0.2, 0) is 5.41 Å². The number of Topliss-reactive ketones (excluding diaryl/α,β-unsaturated/α-hetero) is 1. The summed E-state index contributed by atoms with van der Waals surface area (Å²) < 4.78 is 6.00. The van der Waals surface area contributed by atoms with Gasteiger partial charge in [-0.05, 0) is 6.07 Å². The maximum Gasteiger partial charge on any atom is 0.206 e. The maximum atomic E-state index is 13.0. The molecule has 1 aliphatic carbocycles. The van der Waals surface area contributed by atoms with Crippen LogP contribution in [-0.4, -0.2) is 10.8 Å². The number of aromatic nitrogens is 1. The topological polar surface area (TPSA) is 89.7 Å². The summed E-state index contributed by atoms with van der Waals surface area (Å²) >= 11 is 0. The van der Waals surface area contributed by atoms with Crippen LogP contribution in [0.2, 0.25) is 0 Å². The van der Waals surface area contributed by atoms with Crippen molar-refractivity contribution in [2.24, 2.45) is 0 Å². The van der Waals surface area contributed by atoms with Crippen LogP contribution in [0.25, 0.3) is 16.7 Å². The Morgan fingerprint density at radius 3 is 2.40 bits per heavy atom. The molecule has 0 spiro atoms. The maximum absolute atomic E-state index is 13.0. The van der Waals surface area contributed by atoms with E-state index in [0.717, 1.165) is 5.52 Å². The lowest BCUT2D eigenvalue weighted by atomic mass is 9.73. The molecular formula is C20H9N3O2. The lowest BCUT2D eigenvalue weighted by Crippen LogP contribution is -2.32. The molecule has 1 N–H and O–H groups in total. The molecule has 2 aliphatic rings. The van der Waals surface area contributed by atoms with Gasteiger partial charge in [-0.1, -0.05) is 42.5 Å². The minimum absolute atomic E-state index is 0.107. The first-order chi connectivity index (χ1) is 12.2. The molecule has 2 heterocycles. The van der Waals surface area contributed by atoms with Crippen molar-refractivity contribution >= 4 is 22.4 Å². The Labute approximate surface area is 142 Å². The first kappa shape index (κ1) is 13.6. The van der Waals surface area contributed by atoms with Crippen LogP contribution in [0.1, 0.15) is 21.5 Å². The number of hydrogen-bond donors (Lipinski definition) is 1. The largest absolute Gasteiger partial charge is 0.439 e. The zero-order valence-corrected chi connectivity index (χ0v) is 12.8. The second kappa shape index (κ2) is 4.37. The Kier molecular flexibility index (Phi) is 2.38. The fourth-order valence-corrected chi connectivity index (χ4v) is 3.74. The highest BCUT2D eigenvalue weighted by Crippen LogP contribution is 2.52. The molecular weight excluding hydrogens is 314 g/mol. The summed E-state index contributed by atoms with van der Waals surface area (Å²) in [7, 11) is 0. The molecule has 5 rings (SSSR count). The summed E-state index contributed by atoms with van der Waals surface area (Å²) in [5.41, 5.74) is 0.630.